The topological polar surface area (TPSA) is 117 Å². The van der Waals surface area contributed by atoms with Crippen LogP contribution in [-0.4, -0.2) is 81.9 Å². The van der Waals surface area contributed by atoms with Crippen LogP contribution in [0, 0.1) is 0 Å². The van der Waals surface area contributed by atoms with Gasteiger partial charge in [-0.25, -0.2) is 0 Å². The predicted molar refractivity (Wildman–Crippen MR) is 53.3 cm³/mol. The van der Waals surface area contributed by atoms with E-state index in [1.54, 1.807) is 14.1 Å². The Morgan fingerprint density at radius 1 is 1.13 bits per heavy atom. The van der Waals surface area contributed by atoms with Crippen LogP contribution in [-0.2, 0) is 0 Å². The molecular formula is C8H18N2O5. The molecule has 0 rings (SSSR count). The second kappa shape index (κ2) is 6.70. The highest BCUT2D eigenvalue weighted by atomic mass is 16.4. The summed E-state index contributed by atoms with van der Waals surface area (Å²) in [5.74, 6) is 0. The molecule has 0 aliphatic rings. The molecule has 0 heterocycles. The van der Waals surface area contributed by atoms with Crippen molar-refractivity contribution in [2.24, 2.45) is 5.10 Å². The first kappa shape index (κ1) is 14.3. The van der Waals surface area contributed by atoms with Crippen LogP contribution in [0.2, 0.25) is 0 Å². The van der Waals surface area contributed by atoms with Crippen LogP contribution in [0.4, 0.5) is 0 Å². The lowest BCUT2D eigenvalue weighted by Gasteiger charge is -2.23. The molecule has 7 heteroatoms. The molecule has 0 fully saturated rings. The van der Waals surface area contributed by atoms with E-state index in [2.05, 4.69) is 5.10 Å². The van der Waals surface area contributed by atoms with E-state index in [1.165, 1.54) is 5.01 Å². The first-order valence-electron chi connectivity index (χ1n) is 4.44. The molecular weight excluding hydrogens is 204 g/mol. The second-order valence-electron chi connectivity index (χ2n) is 3.33. The summed E-state index contributed by atoms with van der Waals surface area (Å²) >= 11 is 0. The summed E-state index contributed by atoms with van der Waals surface area (Å²) in [5, 5.41) is 50.4. The Kier molecular flexibility index (Phi) is 6.37. The highest BCUT2D eigenvalue weighted by Gasteiger charge is 2.29. The molecule has 90 valence electrons. The van der Waals surface area contributed by atoms with Crippen LogP contribution in [0.1, 0.15) is 0 Å². The molecule has 0 aromatic carbocycles. The molecule has 0 amide bonds. The van der Waals surface area contributed by atoms with Crippen molar-refractivity contribution >= 4 is 6.21 Å². The Hall–Kier alpha value is -0.730. The Bertz CT molecular complexity index is 199. The van der Waals surface area contributed by atoms with Gasteiger partial charge in [-0.1, -0.05) is 0 Å². The van der Waals surface area contributed by atoms with E-state index in [1.807, 2.05) is 0 Å². The number of hydrogen-bond donors (Lipinski definition) is 5. The van der Waals surface area contributed by atoms with Crippen LogP contribution in [0.15, 0.2) is 5.10 Å². The second-order valence-corrected chi connectivity index (χ2v) is 3.33. The fourth-order valence-electron chi connectivity index (χ4n) is 0.827. The molecule has 0 spiro atoms. The minimum Gasteiger partial charge on any atom is -0.394 e. The molecule has 0 aromatic rings. The number of aliphatic hydroxyl groups excluding tert-OH is 5. The van der Waals surface area contributed by atoms with Gasteiger partial charge in [0.2, 0.25) is 0 Å². The smallest absolute Gasteiger partial charge is 0.119 e. The summed E-state index contributed by atoms with van der Waals surface area (Å²) in [5.41, 5.74) is 0. The third kappa shape index (κ3) is 5.05. The van der Waals surface area contributed by atoms with Crippen LogP contribution >= 0.6 is 0 Å². The fraction of sp³-hybridized carbons (Fsp3) is 0.875. The molecule has 0 unspecified atom stereocenters. The summed E-state index contributed by atoms with van der Waals surface area (Å²) in [6, 6.07) is 0. The largest absolute Gasteiger partial charge is 0.394 e. The van der Waals surface area contributed by atoms with Crippen molar-refractivity contribution in [1.82, 2.24) is 5.01 Å². The first-order valence-corrected chi connectivity index (χ1v) is 4.44. The van der Waals surface area contributed by atoms with Gasteiger partial charge >= 0.3 is 0 Å². The van der Waals surface area contributed by atoms with Crippen molar-refractivity contribution in [3.05, 3.63) is 0 Å². The van der Waals surface area contributed by atoms with Crippen molar-refractivity contribution in [1.29, 1.82) is 0 Å². The molecule has 4 atom stereocenters. The molecule has 0 aliphatic heterocycles. The maximum Gasteiger partial charge on any atom is 0.119 e. The Labute approximate surface area is 87.9 Å². The lowest BCUT2D eigenvalue weighted by Crippen LogP contribution is -2.46. The highest BCUT2D eigenvalue weighted by molar-refractivity contribution is 5.63. The average molecular weight is 222 g/mol. The Morgan fingerprint density at radius 3 is 2.07 bits per heavy atom. The van der Waals surface area contributed by atoms with Gasteiger partial charge in [0, 0.05) is 14.1 Å². The van der Waals surface area contributed by atoms with Crippen molar-refractivity contribution in [3.8, 4) is 0 Å². The van der Waals surface area contributed by atoms with Crippen molar-refractivity contribution < 1.29 is 25.5 Å². The van der Waals surface area contributed by atoms with Crippen molar-refractivity contribution in [2.45, 2.75) is 24.4 Å². The molecule has 0 radical (unpaired) electrons. The van der Waals surface area contributed by atoms with E-state index >= 15 is 0 Å². The summed E-state index contributed by atoms with van der Waals surface area (Å²) < 4.78 is 0. The van der Waals surface area contributed by atoms with E-state index in [9.17, 15) is 15.3 Å². The highest BCUT2D eigenvalue weighted by Crippen LogP contribution is 2.03. The third-order valence-corrected chi connectivity index (χ3v) is 1.73. The monoisotopic (exact) mass is 222 g/mol. The standard InChI is InChI=1S/C8H18N2O5/c1-10(2)9-3-5(12)7(14)8(15)6(13)4-11/h3,5-8,11-15H,4H2,1-2H3/t5-,6+,7+,8-/m0/s1. The van der Waals surface area contributed by atoms with E-state index < -0.39 is 31.0 Å². The van der Waals surface area contributed by atoms with Gasteiger partial charge in [0.05, 0.1) is 12.8 Å². The van der Waals surface area contributed by atoms with Gasteiger partial charge in [0.15, 0.2) is 0 Å². The number of hydrazone groups is 1. The minimum absolute atomic E-state index is 0.699. The number of aliphatic hydroxyl groups is 5. The normalized spacial score (nSPS) is 19.9. The van der Waals surface area contributed by atoms with Crippen LogP contribution in [0.25, 0.3) is 0 Å². The van der Waals surface area contributed by atoms with Gasteiger partial charge < -0.3 is 30.5 Å². The summed E-state index contributed by atoms with van der Waals surface area (Å²) in [6.07, 6.45) is -5.11. The third-order valence-electron chi connectivity index (χ3n) is 1.73. The summed E-state index contributed by atoms with van der Waals surface area (Å²) in [7, 11) is 3.24. The van der Waals surface area contributed by atoms with E-state index in [0.717, 1.165) is 6.21 Å². The molecule has 0 saturated heterocycles. The lowest BCUT2D eigenvalue weighted by molar-refractivity contribution is -0.100. The number of nitrogens with zero attached hydrogens (tertiary/aromatic N) is 2. The number of hydrogen-bond acceptors (Lipinski definition) is 7. The van der Waals surface area contributed by atoms with Crippen molar-refractivity contribution in [2.75, 3.05) is 20.7 Å². The zero-order valence-corrected chi connectivity index (χ0v) is 8.72. The van der Waals surface area contributed by atoms with E-state index in [4.69, 9.17) is 10.2 Å². The molecule has 0 aromatic heterocycles. The first-order chi connectivity index (χ1) is 6.90. The van der Waals surface area contributed by atoms with Crippen LogP contribution in [0.5, 0.6) is 0 Å². The van der Waals surface area contributed by atoms with Gasteiger partial charge in [-0.15, -0.1) is 0 Å². The average Bonchev–Trinajstić information content (AvgIpc) is 2.22. The fourth-order valence-corrected chi connectivity index (χ4v) is 0.827. The van der Waals surface area contributed by atoms with Gasteiger partial charge in [0.25, 0.3) is 0 Å². The predicted octanol–water partition coefficient (Wildman–Crippen LogP) is -3.03. The van der Waals surface area contributed by atoms with Gasteiger partial charge in [-0.05, 0) is 0 Å². The molecule has 0 aliphatic carbocycles. The quantitative estimate of drug-likeness (QED) is 0.241. The van der Waals surface area contributed by atoms with Crippen LogP contribution < -0.4 is 0 Å². The minimum atomic E-state index is -1.63. The zero-order valence-electron chi connectivity index (χ0n) is 8.72. The molecule has 5 N–H and O–H groups in total. The molecule has 15 heavy (non-hydrogen) atoms. The molecule has 0 bridgehead atoms. The molecule has 7 nitrogen and oxygen atoms in total. The van der Waals surface area contributed by atoms with Gasteiger partial charge in [-0.2, -0.15) is 5.10 Å². The van der Waals surface area contributed by atoms with Crippen LogP contribution in [0.3, 0.4) is 0 Å². The zero-order chi connectivity index (χ0) is 12.0. The van der Waals surface area contributed by atoms with Gasteiger partial charge in [0.1, 0.15) is 24.4 Å². The maximum atomic E-state index is 9.32. The Morgan fingerprint density at radius 2 is 1.67 bits per heavy atom. The number of rotatable bonds is 6. The molecule has 0 saturated carbocycles. The van der Waals surface area contributed by atoms with Crippen molar-refractivity contribution in [3.63, 3.8) is 0 Å². The summed E-state index contributed by atoms with van der Waals surface area (Å²) in [4.78, 5) is 0. The lowest BCUT2D eigenvalue weighted by atomic mass is 10.0. The van der Waals surface area contributed by atoms with E-state index in [0.29, 0.717) is 0 Å². The van der Waals surface area contributed by atoms with E-state index in [-0.39, 0.29) is 0 Å². The SMILES string of the molecule is CN(C)N=C[C@H](O)[C@@H](O)[C@@H](O)[C@H](O)CO. The van der Waals surface area contributed by atoms with Gasteiger partial charge in [-0.3, -0.25) is 0 Å². The maximum absolute atomic E-state index is 9.32. The summed E-state index contributed by atoms with van der Waals surface area (Å²) in [6.45, 7) is -0.699. The Balaban J connectivity index is 4.24.